The Labute approximate surface area is 161 Å². The highest BCUT2D eigenvalue weighted by atomic mass is 32.2. The molecule has 27 heavy (non-hydrogen) atoms. The highest BCUT2D eigenvalue weighted by molar-refractivity contribution is 7.89. The predicted octanol–water partition coefficient (Wildman–Crippen LogP) is -0.0146. The van der Waals surface area contributed by atoms with E-state index in [1.165, 1.54) is 28.5 Å². The van der Waals surface area contributed by atoms with Gasteiger partial charge in [-0.15, -0.1) is 0 Å². The number of quaternary nitrogens is 1. The van der Waals surface area contributed by atoms with Crippen molar-refractivity contribution in [3.63, 3.8) is 0 Å². The molecule has 2 aliphatic rings. The molecule has 2 fully saturated rings. The van der Waals surface area contributed by atoms with E-state index in [9.17, 15) is 13.2 Å². The van der Waals surface area contributed by atoms with E-state index in [0.717, 1.165) is 6.54 Å². The number of likely N-dealkylation sites (tertiary alicyclic amines) is 1. The van der Waals surface area contributed by atoms with E-state index in [0.29, 0.717) is 44.5 Å². The van der Waals surface area contributed by atoms with Gasteiger partial charge in [0.15, 0.2) is 6.54 Å². The van der Waals surface area contributed by atoms with Gasteiger partial charge in [0.1, 0.15) is 5.75 Å². The number of sulfonamides is 1. The molecule has 3 rings (SSSR count). The number of carbonyl (C=O) groups is 1. The molecule has 8 heteroatoms. The monoisotopic (exact) mass is 396 g/mol. The number of carbonyl (C=O) groups excluding carboxylic acids is 1. The van der Waals surface area contributed by atoms with Gasteiger partial charge >= 0.3 is 0 Å². The average molecular weight is 397 g/mol. The number of benzene rings is 1. The van der Waals surface area contributed by atoms with Gasteiger partial charge in [-0.2, -0.15) is 4.31 Å². The fraction of sp³-hybridized carbons (Fsp3) is 0.632. The first-order valence-electron chi connectivity index (χ1n) is 9.68. The van der Waals surface area contributed by atoms with Crippen LogP contribution in [-0.2, 0) is 14.8 Å². The third kappa shape index (κ3) is 4.62. The minimum absolute atomic E-state index is 0.139. The van der Waals surface area contributed by atoms with Crippen LogP contribution in [-0.4, -0.2) is 76.0 Å². The second kappa shape index (κ2) is 8.58. The minimum atomic E-state index is -3.54. The third-order valence-corrected chi connectivity index (χ3v) is 7.66. The molecule has 1 aromatic rings. The largest absolute Gasteiger partial charge is 0.497 e. The van der Waals surface area contributed by atoms with E-state index in [-0.39, 0.29) is 10.8 Å². The average Bonchev–Trinajstić information content (AvgIpc) is 2.70. The van der Waals surface area contributed by atoms with E-state index in [1.807, 2.05) is 4.90 Å². The van der Waals surface area contributed by atoms with Crippen LogP contribution in [0.3, 0.4) is 0 Å². The number of rotatable bonds is 5. The molecule has 0 aliphatic carbocycles. The molecule has 2 saturated heterocycles. The maximum absolute atomic E-state index is 12.8. The number of nitrogens with one attached hydrogen (secondary N) is 1. The molecule has 7 nitrogen and oxygen atoms in total. The highest BCUT2D eigenvalue weighted by Crippen LogP contribution is 2.20. The van der Waals surface area contributed by atoms with Crippen molar-refractivity contribution in [3.8, 4) is 5.75 Å². The fourth-order valence-electron chi connectivity index (χ4n) is 3.90. The summed E-state index contributed by atoms with van der Waals surface area (Å²) in [6, 6.07) is 6.95. The molecule has 0 bridgehead atoms. The maximum Gasteiger partial charge on any atom is 0.277 e. The Morgan fingerprint density at radius 2 is 1.81 bits per heavy atom. The van der Waals surface area contributed by atoms with Crippen LogP contribution in [0.1, 0.15) is 26.2 Å². The Kier molecular flexibility index (Phi) is 6.39. The van der Waals surface area contributed by atoms with Crippen molar-refractivity contribution in [1.82, 2.24) is 9.21 Å². The smallest absolute Gasteiger partial charge is 0.277 e. The molecule has 150 valence electrons. The molecule has 0 spiro atoms. The van der Waals surface area contributed by atoms with Gasteiger partial charge in [-0.05, 0) is 50.5 Å². The molecular formula is C19H30N3O4S+. The fourth-order valence-corrected chi connectivity index (χ4v) is 5.32. The molecule has 2 atom stereocenters. The summed E-state index contributed by atoms with van der Waals surface area (Å²) in [7, 11) is -1.99. The summed E-state index contributed by atoms with van der Waals surface area (Å²) in [4.78, 5) is 16.1. The highest BCUT2D eigenvalue weighted by Gasteiger charge is 2.32. The standard InChI is InChI=1S/C19H29N3O4S/c1-16-5-3-4-10-21(16)15-19(23)20-11-13-22(14-12-20)27(24,25)18-8-6-17(26-2)7-9-18/h6-9,16H,3-5,10-15H2,1-2H3/p+1/t16-/m1/s1. The number of amides is 1. The summed E-state index contributed by atoms with van der Waals surface area (Å²) >= 11 is 0. The second-order valence-corrected chi connectivity index (χ2v) is 9.38. The topological polar surface area (TPSA) is 71.4 Å². The summed E-state index contributed by atoms with van der Waals surface area (Å²) in [5, 5.41) is 0. The Balaban J connectivity index is 1.56. The molecule has 1 unspecified atom stereocenters. The van der Waals surface area contributed by atoms with Crippen molar-refractivity contribution < 1.29 is 22.8 Å². The lowest BCUT2D eigenvalue weighted by Crippen LogP contribution is -3.17. The van der Waals surface area contributed by atoms with Gasteiger partial charge in [0.25, 0.3) is 5.91 Å². The lowest BCUT2D eigenvalue weighted by Gasteiger charge is -2.36. The third-order valence-electron chi connectivity index (χ3n) is 5.75. The van der Waals surface area contributed by atoms with Gasteiger partial charge in [-0.1, -0.05) is 0 Å². The summed E-state index contributed by atoms with van der Waals surface area (Å²) in [6.07, 6.45) is 3.61. The zero-order valence-electron chi connectivity index (χ0n) is 16.2. The van der Waals surface area contributed by atoms with Crippen LogP contribution in [0, 0.1) is 0 Å². The molecule has 1 aromatic carbocycles. The predicted molar refractivity (Wildman–Crippen MR) is 102 cm³/mol. The molecule has 0 saturated carbocycles. The van der Waals surface area contributed by atoms with Crippen molar-refractivity contribution in [2.45, 2.75) is 37.1 Å². The van der Waals surface area contributed by atoms with E-state index in [1.54, 1.807) is 31.4 Å². The molecule has 2 heterocycles. The molecule has 0 aromatic heterocycles. The van der Waals surface area contributed by atoms with Crippen molar-refractivity contribution in [3.05, 3.63) is 24.3 Å². The number of ether oxygens (including phenoxy) is 1. The number of nitrogens with zero attached hydrogens (tertiary/aromatic N) is 2. The first kappa shape index (κ1) is 20.1. The quantitative estimate of drug-likeness (QED) is 0.760. The zero-order chi connectivity index (χ0) is 19.4. The number of hydrogen-bond donors (Lipinski definition) is 1. The summed E-state index contributed by atoms with van der Waals surface area (Å²) in [5.41, 5.74) is 0. The van der Waals surface area contributed by atoms with E-state index >= 15 is 0 Å². The Morgan fingerprint density at radius 3 is 2.41 bits per heavy atom. The summed E-state index contributed by atoms with van der Waals surface area (Å²) < 4.78 is 32.2. The number of methoxy groups -OCH3 is 1. The van der Waals surface area contributed by atoms with E-state index < -0.39 is 10.0 Å². The Morgan fingerprint density at radius 1 is 1.15 bits per heavy atom. The minimum Gasteiger partial charge on any atom is -0.497 e. The van der Waals surface area contributed by atoms with Gasteiger partial charge in [-0.25, -0.2) is 8.42 Å². The van der Waals surface area contributed by atoms with Crippen LogP contribution in [0.2, 0.25) is 0 Å². The van der Waals surface area contributed by atoms with E-state index in [2.05, 4.69) is 6.92 Å². The molecular weight excluding hydrogens is 366 g/mol. The van der Waals surface area contributed by atoms with Crippen LogP contribution in [0.5, 0.6) is 5.75 Å². The second-order valence-electron chi connectivity index (χ2n) is 7.44. The first-order valence-corrected chi connectivity index (χ1v) is 11.1. The summed E-state index contributed by atoms with van der Waals surface area (Å²) in [5.74, 6) is 0.763. The summed E-state index contributed by atoms with van der Waals surface area (Å²) in [6.45, 7) is 5.37. The van der Waals surface area contributed by atoms with Crippen LogP contribution in [0.25, 0.3) is 0 Å². The van der Waals surface area contributed by atoms with Crippen LogP contribution in [0.15, 0.2) is 29.2 Å². The van der Waals surface area contributed by atoms with Gasteiger partial charge in [-0.3, -0.25) is 4.79 Å². The maximum atomic E-state index is 12.8. The Hall–Kier alpha value is -1.64. The van der Waals surface area contributed by atoms with Crippen molar-refractivity contribution in [2.75, 3.05) is 46.4 Å². The molecule has 2 aliphatic heterocycles. The van der Waals surface area contributed by atoms with Crippen molar-refractivity contribution >= 4 is 15.9 Å². The van der Waals surface area contributed by atoms with Crippen molar-refractivity contribution in [1.29, 1.82) is 0 Å². The van der Waals surface area contributed by atoms with Crippen molar-refractivity contribution in [2.24, 2.45) is 0 Å². The number of hydrogen-bond acceptors (Lipinski definition) is 4. The zero-order valence-corrected chi connectivity index (χ0v) is 17.0. The van der Waals surface area contributed by atoms with Crippen LogP contribution >= 0.6 is 0 Å². The van der Waals surface area contributed by atoms with Gasteiger partial charge in [0.05, 0.1) is 24.6 Å². The van der Waals surface area contributed by atoms with Gasteiger partial charge in [0.2, 0.25) is 10.0 Å². The lowest BCUT2D eigenvalue weighted by molar-refractivity contribution is -0.921. The van der Waals surface area contributed by atoms with E-state index in [4.69, 9.17) is 4.74 Å². The normalized spacial score (nSPS) is 24.6. The SMILES string of the molecule is COc1ccc(S(=O)(=O)N2CCN(C(=O)C[NH+]3CCCC[C@H]3C)CC2)cc1. The number of piperidine rings is 1. The Bertz CT molecular complexity index is 743. The van der Waals surface area contributed by atoms with Gasteiger partial charge < -0.3 is 14.5 Å². The number of piperazine rings is 1. The lowest BCUT2D eigenvalue weighted by atomic mass is 10.0. The molecule has 0 radical (unpaired) electrons. The first-order chi connectivity index (χ1) is 12.9. The van der Waals surface area contributed by atoms with Crippen LogP contribution in [0.4, 0.5) is 0 Å². The molecule has 1 amide bonds. The van der Waals surface area contributed by atoms with Gasteiger partial charge in [0, 0.05) is 26.2 Å². The molecule has 1 N–H and O–H groups in total. The van der Waals surface area contributed by atoms with Crippen LogP contribution < -0.4 is 9.64 Å².